The van der Waals surface area contributed by atoms with Gasteiger partial charge in [-0.2, -0.15) is 0 Å². The second-order valence-electron chi connectivity index (χ2n) is 7.73. The summed E-state index contributed by atoms with van der Waals surface area (Å²) in [4.78, 5) is 27.5. The number of hydrogen-bond acceptors (Lipinski definition) is 3. The molecule has 0 fully saturated rings. The molecule has 0 aliphatic carbocycles. The van der Waals surface area contributed by atoms with Gasteiger partial charge >= 0.3 is 0 Å². The standard InChI is InChI=1S/C21H35N3O2/c1-14(2)19(23-20(25)18-11-9-8-10-17(18)7)21(26)22-12-13-24(15(3)4)16(5)6/h8-11,14-16,19H,12-13H2,1-7H3,(H,22,26)(H,23,25). The summed E-state index contributed by atoms with van der Waals surface area (Å²) in [6.07, 6.45) is 0. The summed E-state index contributed by atoms with van der Waals surface area (Å²) in [6.45, 7) is 15.8. The van der Waals surface area contributed by atoms with Gasteiger partial charge in [-0.15, -0.1) is 0 Å². The Bertz CT molecular complexity index is 589. The van der Waals surface area contributed by atoms with Crippen LogP contribution in [-0.4, -0.2) is 47.9 Å². The van der Waals surface area contributed by atoms with Crippen molar-refractivity contribution in [2.24, 2.45) is 5.92 Å². The first kappa shape index (κ1) is 22.2. The summed E-state index contributed by atoms with van der Waals surface area (Å²) in [5.74, 6) is -0.327. The Morgan fingerprint density at radius 3 is 2.08 bits per heavy atom. The van der Waals surface area contributed by atoms with E-state index >= 15 is 0 Å². The molecule has 1 rings (SSSR count). The number of nitrogens with one attached hydrogen (secondary N) is 2. The number of carbonyl (C=O) groups is 2. The molecule has 0 aliphatic rings. The van der Waals surface area contributed by atoms with Gasteiger partial charge in [0.1, 0.15) is 6.04 Å². The predicted octanol–water partition coefficient (Wildman–Crippen LogP) is 2.98. The molecule has 0 spiro atoms. The van der Waals surface area contributed by atoms with Crippen molar-refractivity contribution in [1.82, 2.24) is 15.5 Å². The van der Waals surface area contributed by atoms with Crippen LogP contribution in [0.5, 0.6) is 0 Å². The second-order valence-corrected chi connectivity index (χ2v) is 7.73. The van der Waals surface area contributed by atoms with Gasteiger partial charge in [-0.3, -0.25) is 14.5 Å². The lowest BCUT2D eigenvalue weighted by Crippen LogP contribution is -2.51. The van der Waals surface area contributed by atoms with Gasteiger partial charge in [-0.25, -0.2) is 0 Å². The summed E-state index contributed by atoms with van der Waals surface area (Å²) in [5.41, 5.74) is 1.51. The fourth-order valence-electron chi connectivity index (χ4n) is 3.11. The van der Waals surface area contributed by atoms with E-state index in [9.17, 15) is 9.59 Å². The summed E-state index contributed by atoms with van der Waals surface area (Å²) in [6, 6.07) is 7.71. The summed E-state index contributed by atoms with van der Waals surface area (Å²) in [7, 11) is 0. The maximum Gasteiger partial charge on any atom is 0.252 e. The van der Waals surface area contributed by atoms with E-state index in [2.05, 4.69) is 43.2 Å². The molecule has 5 nitrogen and oxygen atoms in total. The Kier molecular flexibility index (Phi) is 8.79. The molecule has 146 valence electrons. The zero-order valence-electron chi connectivity index (χ0n) is 17.3. The molecule has 2 N–H and O–H groups in total. The minimum absolute atomic E-state index is 0.00858. The molecule has 1 atom stereocenters. The first-order valence-corrected chi connectivity index (χ1v) is 9.55. The number of aryl methyl sites for hydroxylation is 1. The van der Waals surface area contributed by atoms with Crippen molar-refractivity contribution in [3.8, 4) is 0 Å². The molecule has 0 radical (unpaired) electrons. The topological polar surface area (TPSA) is 61.4 Å². The van der Waals surface area contributed by atoms with Crippen LogP contribution in [0.1, 0.15) is 57.5 Å². The van der Waals surface area contributed by atoms with E-state index in [1.165, 1.54) is 0 Å². The zero-order chi connectivity index (χ0) is 19.9. The van der Waals surface area contributed by atoms with E-state index in [4.69, 9.17) is 0 Å². The Morgan fingerprint density at radius 2 is 1.58 bits per heavy atom. The average Bonchev–Trinajstić information content (AvgIpc) is 2.55. The van der Waals surface area contributed by atoms with E-state index in [-0.39, 0.29) is 17.7 Å². The van der Waals surface area contributed by atoms with Gasteiger partial charge in [-0.1, -0.05) is 32.0 Å². The highest BCUT2D eigenvalue weighted by Crippen LogP contribution is 2.09. The molecule has 0 aromatic heterocycles. The van der Waals surface area contributed by atoms with Gasteiger partial charge < -0.3 is 10.6 Å². The van der Waals surface area contributed by atoms with Gasteiger partial charge in [-0.05, 0) is 52.2 Å². The van der Waals surface area contributed by atoms with Crippen LogP contribution in [0.3, 0.4) is 0 Å². The molecule has 0 bridgehead atoms. The minimum Gasteiger partial charge on any atom is -0.353 e. The number of benzene rings is 1. The second kappa shape index (κ2) is 10.3. The Morgan fingerprint density at radius 1 is 1.00 bits per heavy atom. The lowest BCUT2D eigenvalue weighted by atomic mass is 10.0. The van der Waals surface area contributed by atoms with Crippen LogP contribution in [0.2, 0.25) is 0 Å². The third kappa shape index (κ3) is 6.45. The highest BCUT2D eigenvalue weighted by molar-refractivity contribution is 5.98. The SMILES string of the molecule is Cc1ccccc1C(=O)NC(C(=O)NCCN(C(C)C)C(C)C)C(C)C. The molecule has 26 heavy (non-hydrogen) atoms. The first-order valence-electron chi connectivity index (χ1n) is 9.55. The van der Waals surface area contributed by atoms with E-state index in [0.717, 1.165) is 12.1 Å². The minimum atomic E-state index is -0.548. The van der Waals surface area contributed by atoms with Crippen LogP contribution < -0.4 is 10.6 Å². The molecule has 1 aromatic rings. The van der Waals surface area contributed by atoms with Crippen LogP contribution in [0, 0.1) is 12.8 Å². The predicted molar refractivity (Wildman–Crippen MR) is 107 cm³/mol. The van der Waals surface area contributed by atoms with Gasteiger partial charge in [0.25, 0.3) is 5.91 Å². The van der Waals surface area contributed by atoms with Crippen molar-refractivity contribution in [1.29, 1.82) is 0 Å². The Labute approximate surface area is 158 Å². The quantitative estimate of drug-likeness (QED) is 0.711. The molecular weight excluding hydrogens is 326 g/mol. The summed E-state index contributed by atoms with van der Waals surface area (Å²) < 4.78 is 0. The van der Waals surface area contributed by atoms with Crippen molar-refractivity contribution >= 4 is 11.8 Å². The summed E-state index contributed by atoms with van der Waals surface area (Å²) >= 11 is 0. The third-order valence-electron chi connectivity index (χ3n) is 4.62. The molecule has 1 aromatic carbocycles. The zero-order valence-corrected chi connectivity index (χ0v) is 17.3. The number of rotatable bonds is 9. The smallest absolute Gasteiger partial charge is 0.252 e. The van der Waals surface area contributed by atoms with Crippen molar-refractivity contribution in [2.45, 2.75) is 66.6 Å². The normalized spacial score (nSPS) is 12.7. The van der Waals surface area contributed by atoms with E-state index in [1.54, 1.807) is 6.07 Å². The highest BCUT2D eigenvalue weighted by Gasteiger charge is 2.25. The molecule has 0 saturated heterocycles. The van der Waals surface area contributed by atoms with Crippen molar-refractivity contribution in [3.05, 3.63) is 35.4 Å². The van der Waals surface area contributed by atoms with Crippen LogP contribution >= 0.6 is 0 Å². The van der Waals surface area contributed by atoms with E-state index in [0.29, 0.717) is 24.2 Å². The lowest BCUT2D eigenvalue weighted by Gasteiger charge is -2.31. The maximum absolute atomic E-state index is 12.6. The van der Waals surface area contributed by atoms with Crippen LogP contribution in [0.4, 0.5) is 0 Å². The van der Waals surface area contributed by atoms with Crippen LogP contribution in [-0.2, 0) is 4.79 Å². The summed E-state index contributed by atoms with van der Waals surface area (Å²) in [5, 5.41) is 5.87. The molecule has 0 saturated carbocycles. The fraction of sp³-hybridized carbons (Fsp3) is 0.619. The molecule has 0 aliphatic heterocycles. The fourth-order valence-corrected chi connectivity index (χ4v) is 3.11. The van der Waals surface area contributed by atoms with Crippen LogP contribution in [0.25, 0.3) is 0 Å². The van der Waals surface area contributed by atoms with Crippen molar-refractivity contribution < 1.29 is 9.59 Å². The number of nitrogens with zero attached hydrogens (tertiary/aromatic N) is 1. The molecule has 5 heteroatoms. The maximum atomic E-state index is 12.6. The van der Waals surface area contributed by atoms with Crippen molar-refractivity contribution in [2.75, 3.05) is 13.1 Å². The number of amides is 2. The largest absolute Gasteiger partial charge is 0.353 e. The average molecular weight is 362 g/mol. The van der Waals surface area contributed by atoms with Crippen LogP contribution in [0.15, 0.2) is 24.3 Å². The third-order valence-corrected chi connectivity index (χ3v) is 4.62. The Balaban J connectivity index is 2.67. The van der Waals surface area contributed by atoms with Gasteiger partial charge in [0.2, 0.25) is 5.91 Å². The first-order chi connectivity index (χ1) is 12.1. The van der Waals surface area contributed by atoms with E-state index in [1.807, 2.05) is 39.0 Å². The van der Waals surface area contributed by atoms with Gasteiger partial charge in [0.05, 0.1) is 0 Å². The van der Waals surface area contributed by atoms with E-state index < -0.39 is 6.04 Å². The molecule has 2 amide bonds. The molecular formula is C21H35N3O2. The lowest BCUT2D eigenvalue weighted by molar-refractivity contribution is -0.124. The van der Waals surface area contributed by atoms with Crippen molar-refractivity contribution in [3.63, 3.8) is 0 Å². The van der Waals surface area contributed by atoms with Gasteiger partial charge in [0.15, 0.2) is 0 Å². The van der Waals surface area contributed by atoms with Gasteiger partial charge in [0, 0.05) is 30.7 Å². The molecule has 0 heterocycles. The Hall–Kier alpha value is -1.88. The molecule has 1 unspecified atom stereocenters. The monoisotopic (exact) mass is 361 g/mol. The number of carbonyl (C=O) groups excluding carboxylic acids is 2. The highest BCUT2D eigenvalue weighted by atomic mass is 16.2. The number of hydrogen-bond donors (Lipinski definition) is 2.